The Morgan fingerprint density at radius 3 is 2.32 bits per heavy atom. The maximum absolute atomic E-state index is 6.04. The predicted molar refractivity (Wildman–Crippen MR) is 76.6 cm³/mol. The first-order chi connectivity index (χ1) is 9.29. The van der Waals surface area contributed by atoms with Gasteiger partial charge in [0.05, 0.1) is 6.61 Å². The Morgan fingerprint density at radius 1 is 1.00 bits per heavy atom. The number of hydrogen-bond donors (Lipinski definition) is 0. The molecule has 1 aliphatic rings. The first-order valence-electron chi connectivity index (χ1n) is 6.77. The largest absolute Gasteiger partial charge is 0.355 e. The molecule has 2 aromatic rings. The SMILES string of the molecule is C[C@@]1(c2ccccc2)OCCN1Cc1ccccc1. The van der Waals surface area contributed by atoms with E-state index in [9.17, 15) is 0 Å². The lowest BCUT2D eigenvalue weighted by molar-refractivity contribution is -0.0765. The highest BCUT2D eigenvalue weighted by Crippen LogP contribution is 2.34. The van der Waals surface area contributed by atoms with Crippen molar-refractivity contribution in [1.29, 1.82) is 0 Å². The normalized spacial score (nSPS) is 23.6. The summed E-state index contributed by atoms with van der Waals surface area (Å²) in [6.45, 7) is 4.85. The molecule has 0 N–H and O–H groups in total. The first kappa shape index (κ1) is 12.4. The molecule has 2 heteroatoms. The zero-order chi connectivity index (χ0) is 13.1. The third-order valence-corrected chi connectivity index (χ3v) is 3.87. The molecule has 0 spiro atoms. The average molecular weight is 253 g/mol. The van der Waals surface area contributed by atoms with Crippen molar-refractivity contribution in [2.45, 2.75) is 19.2 Å². The lowest BCUT2D eigenvalue weighted by Gasteiger charge is -2.34. The van der Waals surface area contributed by atoms with E-state index in [2.05, 4.69) is 66.4 Å². The molecular formula is C17H19NO. The molecule has 1 atom stereocenters. The summed E-state index contributed by atoms with van der Waals surface area (Å²) in [7, 11) is 0. The fraction of sp³-hybridized carbons (Fsp3) is 0.294. The summed E-state index contributed by atoms with van der Waals surface area (Å²) < 4.78 is 6.04. The van der Waals surface area contributed by atoms with Crippen LogP contribution >= 0.6 is 0 Å². The molecule has 3 rings (SSSR count). The highest BCUT2D eigenvalue weighted by molar-refractivity contribution is 5.23. The fourth-order valence-electron chi connectivity index (χ4n) is 2.71. The average Bonchev–Trinajstić information content (AvgIpc) is 2.84. The Labute approximate surface area is 114 Å². The molecule has 1 aliphatic heterocycles. The van der Waals surface area contributed by atoms with Crippen LogP contribution in [0, 0.1) is 0 Å². The molecule has 0 unspecified atom stereocenters. The lowest BCUT2D eigenvalue weighted by atomic mass is 10.0. The number of hydrogen-bond acceptors (Lipinski definition) is 2. The minimum Gasteiger partial charge on any atom is -0.355 e. The van der Waals surface area contributed by atoms with E-state index in [0.717, 1.165) is 19.7 Å². The maximum Gasteiger partial charge on any atom is 0.145 e. The zero-order valence-corrected chi connectivity index (χ0v) is 11.3. The quantitative estimate of drug-likeness (QED) is 0.831. The van der Waals surface area contributed by atoms with Gasteiger partial charge >= 0.3 is 0 Å². The Kier molecular flexibility index (Phi) is 3.36. The monoisotopic (exact) mass is 253 g/mol. The Hall–Kier alpha value is -1.64. The molecule has 0 amide bonds. The second-order valence-corrected chi connectivity index (χ2v) is 5.10. The molecular weight excluding hydrogens is 234 g/mol. The molecule has 0 bridgehead atoms. The Bertz CT molecular complexity index is 525. The van der Waals surface area contributed by atoms with E-state index in [1.165, 1.54) is 11.1 Å². The molecule has 1 fully saturated rings. The van der Waals surface area contributed by atoms with Crippen LogP contribution in [-0.4, -0.2) is 18.1 Å². The molecule has 1 saturated heterocycles. The summed E-state index contributed by atoms with van der Waals surface area (Å²) in [5.41, 5.74) is 2.25. The number of ether oxygens (including phenoxy) is 1. The van der Waals surface area contributed by atoms with E-state index in [4.69, 9.17) is 4.74 Å². The fourth-order valence-corrected chi connectivity index (χ4v) is 2.71. The molecule has 0 radical (unpaired) electrons. The smallest absolute Gasteiger partial charge is 0.145 e. The third-order valence-electron chi connectivity index (χ3n) is 3.87. The van der Waals surface area contributed by atoms with Crippen molar-refractivity contribution in [3.05, 3.63) is 71.8 Å². The molecule has 0 saturated carbocycles. The van der Waals surface area contributed by atoms with Gasteiger partial charge in [0, 0.05) is 13.1 Å². The van der Waals surface area contributed by atoms with Crippen LogP contribution in [0.3, 0.4) is 0 Å². The van der Waals surface area contributed by atoms with Gasteiger partial charge in [0.2, 0.25) is 0 Å². The summed E-state index contributed by atoms with van der Waals surface area (Å²) in [5.74, 6) is 0. The summed E-state index contributed by atoms with van der Waals surface area (Å²) in [4.78, 5) is 2.40. The van der Waals surface area contributed by atoms with Gasteiger partial charge in [-0.1, -0.05) is 60.7 Å². The molecule has 0 aromatic heterocycles. The highest BCUT2D eigenvalue weighted by atomic mass is 16.5. The van der Waals surface area contributed by atoms with Crippen molar-refractivity contribution in [1.82, 2.24) is 4.90 Å². The summed E-state index contributed by atoms with van der Waals surface area (Å²) in [6, 6.07) is 21.0. The van der Waals surface area contributed by atoms with Crippen molar-refractivity contribution in [3.8, 4) is 0 Å². The lowest BCUT2D eigenvalue weighted by Crippen LogP contribution is -2.39. The van der Waals surface area contributed by atoms with E-state index < -0.39 is 0 Å². The van der Waals surface area contributed by atoms with E-state index in [0.29, 0.717) is 0 Å². The van der Waals surface area contributed by atoms with Gasteiger partial charge < -0.3 is 4.74 Å². The van der Waals surface area contributed by atoms with Gasteiger partial charge in [-0.3, -0.25) is 4.90 Å². The summed E-state index contributed by atoms with van der Waals surface area (Å²) in [5, 5.41) is 0. The van der Waals surface area contributed by atoms with Gasteiger partial charge in [0.1, 0.15) is 5.72 Å². The minimum absolute atomic E-state index is 0.308. The van der Waals surface area contributed by atoms with Crippen LogP contribution in [0.1, 0.15) is 18.1 Å². The van der Waals surface area contributed by atoms with E-state index >= 15 is 0 Å². The van der Waals surface area contributed by atoms with Crippen LogP contribution in [0.2, 0.25) is 0 Å². The first-order valence-corrected chi connectivity index (χ1v) is 6.77. The van der Waals surface area contributed by atoms with Crippen LogP contribution in [-0.2, 0) is 17.0 Å². The third kappa shape index (κ3) is 2.42. The Morgan fingerprint density at radius 2 is 1.63 bits per heavy atom. The second kappa shape index (κ2) is 5.16. The van der Waals surface area contributed by atoms with E-state index in [1.807, 2.05) is 6.07 Å². The Balaban J connectivity index is 1.85. The van der Waals surface area contributed by atoms with Crippen LogP contribution in [0.5, 0.6) is 0 Å². The second-order valence-electron chi connectivity index (χ2n) is 5.10. The molecule has 2 aromatic carbocycles. The predicted octanol–water partition coefficient (Wildman–Crippen LogP) is 3.39. The van der Waals surface area contributed by atoms with Crippen LogP contribution in [0.4, 0.5) is 0 Å². The standard InChI is InChI=1S/C17H19NO/c1-17(16-10-6-3-7-11-16)18(12-13-19-17)14-15-8-4-2-5-9-15/h2-11H,12-14H2,1H3/t17-/m0/s1. The number of rotatable bonds is 3. The van der Waals surface area contributed by atoms with Crippen molar-refractivity contribution in [2.24, 2.45) is 0 Å². The molecule has 98 valence electrons. The van der Waals surface area contributed by atoms with Gasteiger partial charge in [-0.2, -0.15) is 0 Å². The molecule has 19 heavy (non-hydrogen) atoms. The van der Waals surface area contributed by atoms with Gasteiger partial charge in [-0.05, 0) is 18.1 Å². The van der Waals surface area contributed by atoms with E-state index in [-0.39, 0.29) is 5.72 Å². The van der Waals surface area contributed by atoms with Crippen LogP contribution in [0.25, 0.3) is 0 Å². The van der Waals surface area contributed by atoms with Crippen LogP contribution in [0.15, 0.2) is 60.7 Å². The minimum atomic E-state index is -0.308. The number of nitrogens with zero attached hydrogens (tertiary/aromatic N) is 1. The van der Waals surface area contributed by atoms with Crippen molar-refractivity contribution >= 4 is 0 Å². The van der Waals surface area contributed by atoms with Crippen molar-refractivity contribution in [2.75, 3.05) is 13.2 Å². The van der Waals surface area contributed by atoms with Crippen molar-refractivity contribution in [3.63, 3.8) is 0 Å². The van der Waals surface area contributed by atoms with E-state index in [1.54, 1.807) is 0 Å². The summed E-state index contributed by atoms with van der Waals surface area (Å²) >= 11 is 0. The topological polar surface area (TPSA) is 12.5 Å². The van der Waals surface area contributed by atoms with Gasteiger partial charge in [0.25, 0.3) is 0 Å². The highest BCUT2D eigenvalue weighted by Gasteiger charge is 2.39. The molecule has 0 aliphatic carbocycles. The number of benzene rings is 2. The van der Waals surface area contributed by atoms with Gasteiger partial charge in [-0.15, -0.1) is 0 Å². The van der Waals surface area contributed by atoms with Crippen LogP contribution < -0.4 is 0 Å². The molecule has 2 nitrogen and oxygen atoms in total. The zero-order valence-electron chi connectivity index (χ0n) is 11.3. The van der Waals surface area contributed by atoms with Gasteiger partial charge in [-0.25, -0.2) is 0 Å². The van der Waals surface area contributed by atoms with Gasteiger partial charge in [0.15, 0.2) is 0 Å². The summed E-state index contributed by atoms with van der Waals surface area (Å²) in [6.07, 6.45) is 0. The maximum atomic E-state index is 6.04. The molecule has 1 heterocycles. The van der Waals surface area contributed by atoms with Crippen molar-refractivity contribution < 1.29 is 4.74 Å².